The Morgan fingerprint density at radius 3 is 2.74 bits per heavy atom. The molecule has 0 aromatic carbocycles. The Morgan fingerprint density at radius 2 is 2.16 bits per heavy atom. The van der Waals surface area contributed by atoms with Gasteiger partial charge in [0.2, 0.25) is 0 Å². The zero-order valence-electron chi connectivity index (χ0n) is 9.17. The lowest BCUT2D eigenvalue weighted by atomic mass is 10.2. The average molecular weight is 268 g/mol. The van der Waals surface area contributed by atoms with Crippen LogP contribution in [-0.2, 0) is 0 Å². The van der Waals surface area contributed by atoms with Crippen molar-refractivity contribution in [2.45, 2.75) is 6.43 Å². The van der Waals surface area contributed by atoms with Crippen LogP contribution in [0.1, 0.15) is 22.6 Å². The van der Waals surface area contributed by atoms with Gasteiger partial charge in [-0.15, -0.1) is 0 Å². The van der Waals surface area contributed by atoms with Crippen LogP contribution in [0.25, 0.3) is 11.0 Å². The summed E-state index contributed by atoms with van der Waals surface area (Å²) in [4.78, 5) is 31.9. The number of amides is 1. The number of nitrogens with one attached hydrogen (secondary N) is 1. The second-order valence-electron chi connectivity index (χ2n) is 3.42. The molecule has 0 spiro atoms. The molecule has 0 saturated carbocycles. The zero-order chi connectivity index (χ0) is 14.0. The quantitative estimate of drug-likeness (QED) is 0.823. The maximum Gasteiger partial charge on any atom is 0.410 e. The van der Waals surface area contributed by atoms with Crippen LogP contribution in [0.2, 0.25) is 0 Å². The van der Waals surface area contributed by atoms with Crippen LogP contribution in [0, 0.1) is 0 Å². The maximum absolute atomic E-state index is 12.6. The highest BCUT2D eigenvalue weighted by atomic mass is 19.3. The molecule has 0 fully saturated rings. The van der Waals surface area contributed by atoms with Gasteiger partial charge in [0, 0.05) is 11.8 Å². The summed E-state index contributed by atoms with van der Waals surface area (Å²) >= 11 is 0. The van der Waals surface area contributed by atoms with E-state index in [1.165, 1.54) is 6.07 Å². The van der Waals surface area contributed by atoms with Crippen molar-refractivity contribution in [1.29, 1.82) is 0 Å². The number of carbonyl (C=O) groups is 2. The fourth-order valence-corrected chi connectivity index (χ4v) is 1.40. The standard InChI is InChI=1S/C10H6F2N4O3/c11-7(12)9-14-5-1-4(3-17)2-13-6(5)8(15-9)16-10(18)19/h1-3,7H,(H,18,19)(H,14,15,16). The van der Waals surface area contributed by atoms with Crippen molar-refractivity contribution >= 4 is 29.2 Å². The number of anilines is 1. The highest BCUT2D eigenvalue weighted by Crippen LogP contribution is 2.23. The third kappa shape index (κ3) is 2.59. The van der Waals surface area contributed by atoms with E-state index in [4.69, 9.17) is 5.11 Å². The maximum atomic E-state index is 12.6. The van der Waals surface area contributed by atoms with E-state index in [1.807, 2.05) is 5.32 Å². The van der Waals surface area contributed by atoms with E-state index in [-0.39, 0.29) is 22.4 Å². The SMILES string of the molecule is O=Cc1cnc2c(NC(=O)O)nc(C(F)F)nc2c1. The number of hydrogen-bond acceptors (Lipinski definition) is 5. The molecular weight excluding hydrogens is 262 g/mol. The number of pyridine rings is 1. The van der Waals surface area contributed by atoms with E-state index in [9.17, 15) is 18.4 Å². The monoisotopic (exact) mass is 268 g/mol. The van der Waals surface area contributed by atoms with Crippen LogP contribution in [0.15, 0.2) is 12.3 Å². The van der Waals surface area contributed by atoms with Crippen LogP contribution < -0.4 is 5.32 Å². The molecule has 2 heterocycles. The van der Waals surface area contributed by atoms with E-state index in [0.29, 0.717) is 6.29 Å². The summed E-state index contributed by atoms with van der Waals surface area (Å²) in [6.07, 6.45) is -2.81. The predicted octanol–water partition coefficient (Wildman–Crippen LogP) is 1.86. The smallest absolute Gasteiger partial charge is 0.410 e. The number of hydrogen-bond donors (Lipinski definition) is 2. The average Bonchev–Trinajstić information content (AvgIpc) is 2.37. The van der Waals surface area contributed by atoms with Gasteiger partial charge in [0.15, 0.2) is 17.9 Å². The molecule has 0 aliphatic rings. The van der Waals surface area contributed by atoms with Crippen molar-refractivity contribution in [2.24, 2.45) is 0 Å². The summed E-state index contributed by atoms with van der Waals surface area (Å²) in [5.41, 5.74) is 0.0729. The largest absolute Gasteiger partial charge is 0.465 e. The van der Waals surface area contributed by atoms with Crippen molar-refractivity contribution in [3.8, 4) is 0 Å². The van der Waals surface area contributed by atoms with Gasteiger partial charge in [-0.25, -0.2) is 28.5 Å². The van der Waals surface area contributed by atoms with E-state index in [1.54, 1.807) is 0 Å². The van der Waals surface area contributed by atoms with Crippen LogP contribution in [0.5, 0.6) is 0 Å². The van der Waals surface area contributed by atoms with E-state index in [0.717, 1.165) is 6.20 Å². The summed E-state index contributed by atoms with van der Waals surface area (Å²) in [7, 11) is 0. The van der Waals surface area contributed by atoms with Gasteiger partial charge in [0.25, 0.3) is 6.43 Å². The number of aromatic nitrogens is 3. The first kappa shape index (κ1) is 12.7. The molecule has 0 bridgehead atoms. The van der Waals surface area contributed by atoms with E-state index in [2.05, 4.69) is 15.0 Å². The topological polar surface area (TPSA) is 105 Å². The summed E-state index contributed by atoms with van der Waals surface area (Å²) in [5, 5.41) is 10.5. The van der Waals surface area contributed by atoms with Crippen molar-refractivity contribution in [3.63, 3.8) is 0 Å². The minimum atomic E-state index is -2.97. The minimum Gasteiger partial charge on any atom is -0.465 e. The molecule has 0 saturated heterocycles. The lowest BCUT2D eigenvalue weighted by molar-refractivity contribution is 0.112. The summed E-state index contributed by atoms with van der Waals surface area (Å²) in [6, 6.07) is 1.22. The Kier molecular flexibility index (Phi) is 3.27. The van der Waals surface area contributed by atoms with Crippen LogP contribution in [0.4, 0.5) is 19.4 Å². The number of carboxylic acid groups (broad SMARTS) is 1. The van der Waals surface area contributed by atoms with Gasteiger partial charge in [-0.3, -0.25) is 10.1 Å². The number of halogens is 2. The number of alkyl halides is 2. The Labute approximate surface area is 104 Å². The molecule has 2 N–H and O–H groups in total. The molecule has 7 nitrogen and oxygen atoms in total. The van der Waals surface area contributed by atoms with Crippen molar-refractivity contribution in [1.82, 2.24) is 15.0 Å². The highest BCUT2D eigenvalue weighted by Gasteiger charge is 2.17. The second kappa shape index (κ2) is 4.88. The third-order valence-corrected chi connectivity index (χ3v) is 2.13. The molecule has 2 rings (SSSR count). The van der Waals surface area contributed by atoms with Gasteiger partial charge in [-0.2, -0.15) is 0 Å². The van der Waals surface area contributed by atoms with Gasteiger partial charge in [0.05, 0.1) is 5.52 Å². The first-order valence-electron chi connectivity index (χ1n) is 4.92. The predicted molar refractivity (Wildman–Crippen MR) is 59.3 cm³/mol. The van der Waals surface area contributed by atoms with E-state index >= 15 is 0 Å². The molecular formula is C10H6F2N4O3. The summed E-state index contributed by atoms with van der Waals surface area (Å²) in [5.74, 6) is -1.20. The molecule has 0 unspecified atom stereocenters. The highest BCUT2D eigenvalue weighted by molar-refractivity contribution is 5.95. The van der Waals surface area contributed by atoms with Gasteiger partial charge >= 0.3 is 6.09 Å². The molecule has 0 aliphatic carbocycles. The van der Waals surface area contributed by atoms with Crippen molar-refractivity contribution in [2.75, 3.05) is 5.32 Å². The Balaban J connectivity index is 2.69. The van der Waals surface area contributed by atoms with Crippen LogP contribution in [-0.4, -0.2) is 32.4 Å². The lowest BCUT2D eigenvalue weighted by Crippen LogP contribution is -2.12. The van der Waals surface area contributed by atoms with Crippen LogP contribution >= 0.6 is 0 Å². The number of carbonyl (C=O) groups excluding carboxylic acids is 1. The first-order valence-corrected chi connectivity index (χ1v) is 4.92. The number of fused-ring (bicyclic) bond motifs is 1. The Morgan fingerprint density at radius 1 is 1.42 bits per heavy atom. The normalized spacial score (nSPS) is 10.7. The number of aldehydes is 1. The molecule has 19 heavy (non-hydrogen) atoms. The number of nitrogens with zero attached hydrogens (tertiary/aromatic N) is 3. The molecule has 2 aromatic heterocycles. The van der Waals surface area contributed by atoms with Gasteiger partial charge in [-0.05, 0) is 6.07 Å². The Hall–Kier alpha value is -2.71. The molecule has 0 atom stereocenters. The Bertz CT molecular complexity index is 663. The fraction of sp³-hybridized carbons (Fsp3) is 0.100. The van der Waals surface area contributed by atoms with Crippen molar-refractivity contribution in [3.05, 3.63) is 23.7 Å². The molecule has 2 aromatic rings. The van der Waals surface area contributed by atoms with Gasteiger partial charge in [0.1, 0.15) is 5.52 Å². The molecule has 1 amide bonds. The zero-order valence-corrected chi connectivity index (χ0v) is 9.17. The molecule has 98 valence electrons. The lowest BCUT2D eigenvalue weighted by Gasteiger charge is -2.07. The van der Waals surface area contributed by atoms with Gasteiger partial charge < -0.3 is 5.11 Å². The van der Waals surface area contributed by atoms with Crippen LogP contribution in [0.3, 0.4) is 0 Å². The third-order valence-electron chi connectivity index (χ3n) is 2.13. The van der Waals surface area contributed by atoms with E-state index < -0.39 is 18.3 Å². The molecule has 0 radical (unpaired) electrons. The molecule has 0 aliphatic heterocycles. The summed E-state index contributed by atoms with van der Waals surface area (Å²) in [6.45, 7) is 0. The fourth-order valence-electron chi connectivity index (χ4n) is 1.40. The number of rotatable bonds is 3. The summed E-state index contributed by atoms with van der Waals surface area (Å²) < 4.78 is 25.2. The second-order valence-corrected chi connectivity index (χ2v) is 3.42. The van der Waals surface area contributed by atoms with Gasteiger partial charge in [-0.1, -0.05) is 0 Å². The molecule has 9 heteroatoms. The first-order chi connectivity index (χ1) is 9.01. The van der Waals surface area contributed by atoms with Crippen molar-refractivity contribution < 1.29 is 23.5 Å². The minimum absolute atomic E-state index is 0.0163.